The Balaban J connectivity index is 0.00000225. The first kappa shape index (κ1) is 15.1. The summed E-state index contributed by atoms with van der Waals surface area (Å²) < 4.78 is 0. The Morgan fingerprint density at radius 2 is 1.88 bits per heavy atom. The summed E-state index contributed by atoms with van der Waals surface area (Å²) in [5.74, 6) is -0.128. The van der Waals surface area contributed by atoms with Gasteiger partial charge >= 0.3 is 0 Å². The summed E-state index contributed by atoms with van der Waals surface area (Å²) in [4.78, 5) is 23.7. The highest BCUT2D eigenvalue weighted by atomic mass is 35.5. The van der Waals surface area contributed by atoms with Gasteiger partial charge in [-0.1, -0.05) is 0 Å². The maximum atomic E-state index is 11.5. The van der Waals surface area contributed by atoms with E-state index in [-0.39, 0.29) is 24.1 Å². The Morgan fingerprint density at radius 1 is 1.25 bits per heavy atom. The van der Waals surface area contributed by atoms with Crippen LogP contribution in [0.4, 0.5) is 0 Å². The second-order valence-corrected chi connectivity index (χ2v) is 4.16. The molecule has 0 aromatic carbocycles. The lowest BCUT2D eigenvalue weighted by Gasteiger charge is -2.01. The summed E-state index contributed by atoms with van der Waals surface area (Å²) in [6.45, 7) is 2.81. The Hall–Kier alpha value is -0.910. The predicted molar refractivity (Wildman–Crippen MR) is 67.8 cm³/mol. The first-order valence-corrected chi connectivity index (χ1v) is 5.50. The molecule has 6 heteroatoms. The van der Waals surface area contributed by atoms with E-state index in [1.165, 1.54) is 18.3 Å². The Labute approximate surface area is 105 Å². The number of likely N-dealkylation sites (N-methyl/N-ethyl adjacent to an activating group) is 1. The Bertz CT molecular complexity index is 365. The van der Waals surface area contributed by atoms with E-state index >= 15 is 0 Å². The van der Waals surface area contributed by atoms with Gasteiger partial charge in [0.1, 0.15) is 0 Å². The van der Waals surface area contributed by atoms with Crippen molar-refractivity contribution in [2.24, 2.45) is 0 Å². The summed E-state index contributed by atoms with van der Waals surface area (Å²) in [5.41, 5.74) is 0. The van der Waals surface area contributed by atoms with Crippen LogP contribution in [0.15, 0.2) is 12.1 Å². The van der Waals surface area contributed by atoms with E-state index < -0.39 is 0 Å². The van der Waals surface area contributed by atoms with Gasteiger partial charge in [0.05, 0.1) is 9.75 Å². The lowest BCUT2D eigenvalue weighted by Crippen LogP contribution is -2.29. The number of carbonyl (C=O) groups is 2. The molecule has 0 spiro atoms. The highest BCUT2D eigenvalue weighted by molar-refractivity contribution is 7.15. The molecule has 0 bridgehead atoms. The number of nitrogens with one attached hydrogen (secondary N) is 2. The van der Waals surface area contributed by atoms with Crippen molar-refractivity contribution in [3.8, 4) is 0 Å². The third-order valence-corrected chi connectivity index (χ3v) is 3.02. The minimum atomic E-state index is -0.122. The van der Waals surface area contributed by atoms with Crippen molar-refractivity contribution in [2.75, 3.05) is 20.1 Å². The molecule has 4 nitrogen and oxygen atoms in total. The zero-order valence-electron chi connectivity index (χ0n) is 9.20. The first-order valence-electron chi connectivity index (χ1n) is 4.68. The number of ketones is 1. The Morgan fingerprint density at radius 3 is 2.38 bits per heavy atom. The molecule has 1 aromatic heterocycles. The van der Waals surface area contributed by atoms with E-state index in [0.29, 0.717) is 16.3 Å². The van der Waals surface area contributed by atoms with Crippen molar-refractivity contribution < 1.29 is 9.59 Å². The van der Waals surface area contributed by atoms with E-state index in [1.54, 1.807) is 12.1 Å². The van der Waals surface area contributed by atoms with Crippen LogP contribution in [0.5, 0.6) is 0 Å². The molecule has 0 unspecified atom stereocenters. The summed E-state index contributed by atoms with van der Waals surface area (Å²) in [7, 11) is 1.82. The molecule has 0 aliphatic carbocycles. The standard InChI is InChI=1S/C10H14N2O2S.ClH/c1-7(13)8-3-4-9(15-8)10(14)12-6-5-11-2;/h3-4,11H,5-6H2,1-2H3,(H,12,14);1H. The number of hydrogen-bond acceptors (Lipinski definition) is 4. The molecule has 0 saturated carbocycles. The molecule has 0 aliphatic rings. The lowest BCUT2D eigenvalue weighted by molar-refractivity contribution is 0.0957. The quantitative estimate of drug-likeness (QED) is 0.622. The number of halogens is 1. The van der Waals surface area contributed by atoms with E-state index in [1.807, 2.05) is 7.05 Å². The number of rotatable bonds is 5. The molecule has 1 rings (SSSR count). The number of thiophene rings is 1. The van der Waals surface area contributed by atoms with Crippen LogP contribution in [0.1, 0.15) is 26.3 Å². The maximum absolute atomic E-state index is 11.5. The molecular weight excluding hydrogens is 248 g/mol. The summed E-state index contributed by atoms with van der Waals surface area (Å²) in [5, 5.41) is 5.68. The van der Waals surface area contributed by atoms with E-state index in [0.717, 1.165) is 6.54 Å². The van der Waals surface area contributed by atoms with Gasteiger partial charge in [0.2, 0.25) is 0 Å². The predicted octanol–water partition coefficient (Wildman–Crippen LogP) is 1.32. The zero-order valence-corrected chi connectivity index (χ0v) is 10.8. The molecule has 0 fully saturated rings. The van der Waals surface area contributed by atoms with Crippen LogP contribution in [0.3, 0.4) is 0 Å². The van der Waals surface area contributed by atoms with Gasteiger partial charge < -0.3 is 10.6 Å². The summed E-state index contributed by atoms with van der Waals surface area (Å²) in [6.07, 6.45) is 0. The zero-order chi connectivity index (χ0) is 11.3. The number of hydrogen-bond donors (Lipinski definition) is 2. The molecule has 2 N–H and O–H groups in total. The molecule has 1 aromatic rings. The van der Waals surface area contributed by atoms with E-state index in [4.69, 9.17) is 0 Å². The van der Waals surface area contributed by atoms with Gasteiger partial charge in [0.15, 0.2) is 5.78 Å². The average Bonchev–Trinajstić information content (AvgIpc) is 2.66. The molecule has 1 heterocycles. The van der Waals surface area contributed by atoms with Gasteiger partial charge in [0.25, 0.3) is 5.91 Å². The van der Waals surface area contributed by atoms with E-state index in [2.05, 4.69) is 10.6 Å². The van der Waals surface area contributed by atoms with Crippen LogP contribution in [0.2, 0.25) is 0 Å². The monoisotopic (exact) mass is 262 g/mol. The molecule has 0 atom stereocenters. The molecule has 1 amide bonds. The highest BCUT2D eigenvalue weighted by Crippen LogP contribution is 2.16. The summed E-state index contributed by atoms with van der Waals surface area (Å²) in [6, 6.07) is 3.36. The normalized spacial score (nSPS) is 9.38. The van der Waals surface area contributed by atoms with Crippen molar-refractivity contribution in [3.63, 3.8) is 0 Å². The third-order valence-electron chi connectivity index (χ3n) is 1.84. The van der Waals surface area contributed by atoms with Gasteiger partial charge in [-0.3, -0.25) is 9.59 Å². The second kappa shape index (κ2) is 7.38. The minimum Gasteiger partial charge on any atom is -0.350 e. The van der Waals surface area contributed by atoms with Crippen molar-refractivity contribution in [2.45, 2.75) is 6.92 Å². The van der Waals surface area contributed by atoms with Crippen molar-refractivity contribution in [1.82, 2.24) is 10.6 Å². The van der Waals surface area contributed by atoms with Gasteiger partial charge in [0, 0.05) is 13.1 Å². The molecule has 0 radical (unpaired) electrons. The van der Waals surface area contributed by atoms with Crippen LogP contribution >= 0.6 is 23.7 Å². The molecule has 16 heavy (non-hydrogen) atoms. The van der Waals surface area contributed by atoms with Crippen LogP contribution in [0, 0.1) is 0 Å². The average molecular weight is 263 g/mol. The molecule has 0 aliphatic heterocycles. The maximum Gasteiger partial charge on any atom is 0.261 e. The smallest absolute Gasteiger partial charge is 0.261 e. The summed E-state index contributed by atoms with van der Waals surface area (Å²) >= 11 is 1.23. The number of Topliss-reactive ketones (excluding diaryl/α,β-unsaturated/α-hetero) is 1. The fraction of sp³-hybridized carbons (Fsp3) is 0.400. The van der Waals surface area contributed by atoms with Crippen molar-refractivity contribution >= 4 is 35.4 Å². The van der Waals surface area contributed by atoms with E-state index in [9.17, 15) is 9.59 Å². The van der Waals surface area contributed by atoms with Crippen molar-refractivity contribution in [1.29, 1.82) is 0 Å². The van der Waals surface area contributed by atoms with Crippen LogP contribution in [-0.2, 0) is 0 Å². The Kier molecular flexibility index (Phi) is 6.96. The lowest BCUT2D eigenvalue weighted by atomic mass is 10.3. The van der Waals surface area contributed by atoms with Crippen LogP contribution < -0.4 is 10.6 Å². The highest BCUT2D eigenvalue weighted by Gasteiger charge is 2.10. The van der Waals surface area contributed by atoms with Gasteiger partial charge in [-0.15, -0.1) is 23.7 Å². The fourth-order valence-electron chi connectivity index (χ4n) is 1.04. The number of carbonyl (C=O) groups excluding carboxylic acids is 2. The second-order valence-electron chi connectivity index (χ2n) is 3.08. The van der Waals surface area contributed by atoms with Crippen molar-refractivity contribution in [3.05, 3.63) is 21.9 Å². The largest absolute Gasteiger partial charge is 0.350 e. The topological polar surface area (TPSA) is 58.2 Å². The van der Waals surface area contributed by atoms with Crippen LogP contribution in [-0.4, -0.2) is 31.8 Å². The van der Waals surface area contributed by atoms with Gasteiger partial charge in [-0.2, -0.15) is 0 Å². The molecule has 90 valence electrons. The SMILES string of the molecule is CNCCNC(=O)c1ccc(C(C)=O)s1.Cl. The molecule has 0 saturated heterocycles. The first-order chi connectivity index (χ1) is 7.15. The fourth-order valence-corrected chi connectivity index (χ4v) is 1.85. The van der Waals surface area contributed by atoms with Crippen LogP contribution in [0.25, 0.3) is 0 Å². The molecular formula is C10H15ClN2O2S. The van der Waals surface area contributed by atoms with Gasteiger partial charge in [-0.25, -0.2) is 0 Å². The third kappa shape index (κ3) is 4.30. The number of amides is 1. The van der Waals surface area contributed by atoms with Gasteiger partial charge in [-0.05, 0) is 26.1 Å². The minimum absolute atomic E-state index is 0.